The van der Waals surface area contributed by atoms with E-state index in [4.69, 9.17) is 4.74 Å². The lowest BCUT2D eigenvalue weighted by Gasteiger charge is -2.08. The molecule has 0 aliphatic carbocycles. The highest BCUT2D eigenvalue weighted by atomic mass is 32.1. The van der Waals surface area contributed by atoms with Crippen LogP contribution in [0.25, 0.3) is 22.2 Å². The van der Waals surface area contributed by atoms with Crippen molar-refractivity contribution in [3.63, 3.8) is 0 Å². The van der Waals surface area contributed by atoms with Gasteiger partial charge in [0.1, 0.15) is 10.8 Å². The number of hydrogen-bond donors (Lipinski definition) is 1. The maximum absolute atomic E-state index is 13.2. The standard InChI is InChI=1S/C25H21N3O2S/c1-17-8-12-20(13-9-17)24-27-28-25(31-24)26-23(29)22(19-6-4-3-5-7-19)16-18-10-14-21(30-2)15-11-18/h3-16H,1-2H3,(H,26,28,29)/b22-16+. The molecule has 1 aromatic heterocycles. The van der Waals surface area contributed by atoms with Gasteiger partial charge in [-0.3, -0.25) is 10.1 Å². The summed E-state index contributed by atoms with van der Waals surface area (Å²) in [6, 6.07) is 25.2. The van der Waals surface area contributed by atoms with Crippen LogP contribution in [0.15, 0.2) is 78.9 Å². The average Bonchev–Trinajstić information content (AvgIpc) is 3.27. The molecule has 0 bridgehead atoms. The predicted octanol–water partition coefficient (Wildman–Crippen LogP) is 5.70. The summed E-state index contributed by atoms with van der Waals surface area (Å²) in [4.78, 5) is 13.2. The Morgan fingerprint density at radius 3 is 2.32 bits per heavy atom. The number of amides is 1. The summed E-state index contributed by atoms with van der Waals surface area (Å²) < 4.78 is 5.22. The molecule has 1 heterocycles. The van der Waals surface area contributed by atoms with E-state index in [1.165, 1.54) is 16.9 Å². The first kappa shape index (κ1) is 20.5. The minimum Gasteiger partial charge on any atom is -0.497 e. The molecule has 0 saturated heterocycles. The highest BCUT2D eigenvalue weighted by molar-refractivity contribution is 7.18. The lowest BCUT2D eigenvalue weighted by molar-refractivity contribution is -0.111. The van der Waals surface area contributed by atoms with Gasteiger partial charge in [0.05, 0.1) is 7.11 Å². The number of carbonyl (C=O) groups excluding carboxylic acids is 1. The SMILES string of the molecule is COc1ccc(/C=C(/C(=O)Nc2nnc(-c3ccc(C)cc3)s2)c2ccccc2)cc1. The summed E-state index contributed by atoms with van der Waals surface area (Å²) in [6.45, 7) is 2.04. The Balaban J connectivity index is 1.60. The molecule has 3 aromatic carbocycles. The number of carbonyl (C=O) groups is 1. The second kappa shape index (κ2) is 9.36. The maximum atomic E-state index is 13.2. The van der Waals surface area contributed by atoms with Gasteiger partial charge < -0.3 is 4.74 Å². The van der Waals surface area contributed by atoms with E-state index in [1.54, 1.807) is 7.11 Å². The molecule has 1 amide bonds. The van der Waals surface area contributed by atoms with Crippen molar-refractivity contribution in [1.82, 2.24) is 10.2 Å². The van der Waals surface area contributed by atoms with Gasteiger partial charge in [-0.05, 0) is 36.3 Å². The molecule has 0 atom stereocenters. The van der Waals surface area contributed by atoms with Crippen LogP contribution in [0.5, 0.6) is 5.75 Å². The smallest absolute Gasteiger partial charge is 0.258 e. The van der Waals surface area contributed by atoms with Gasteiger partial charge in [-0.1, -0.05) is 83.6 Å². The summed E-state index contributed by atoms with van der Waals surface area (Å²) in [7, 11) is 1.63. The second-order valence-corrected chi connectivity index (χ2v) is 7.91. The lowest BCUT2D eigenvalue weighted by Crippen LogP contribution is -2.13. The van der Waals surface area contributed by atoms with Crippen molar-refractivity contribution in [3.05, 3.63) is 95.6 Å². The summed E-state index contributed by atoms with van der Waals surface area (Å²) >= 11 is 1.35. The third-order valence-electron chi connectivity index (χ3n) is 4.70. The number of aromatic nitrogens is 2. The monoisotopic (exact) mass is 427 g/mol. The molecule has 0 saturated carbocycles. The third kappa shape index (κ3) is 5.05. The molecule has 0 unspecified atom stereocenters. The van der Waals surface area contributed by atoms with Crippen molar-refractivity contribution < 1.29 is 9.53 Å². The molecule has 0 aliphatic rings. The highest BCUT2D eigenvalue weighted by Crippen LogP contribution is 2.28. The summed E-state index contributed by atoms with van der Waals surface area (Å²) in [5.41, 5.74) is 4.41. The minimum absolute atomic E-state index is 0.242. The van der Waals surface area contributed by atoms with E-state index in [1.807, 2.05) is 91.9 Å². The van der Waals surface area contributed by atoms with Crippen molar-refractivity contribution >= 4 is 34.0 Å². The van der Waals surface area contributed by atoms with Gasteiger partial charge in [0.25, 0.3) is 5.91 Å². The number of nitrogens with one attached hydrogen (secondary N) is 1. The first-order chi connectivity index (χ1) is 15.1. The number of aryl methyl sites for hydroxylation is 1. The van der Waals surface area contributed by atoms with Crippen molar-refractivity contribution in [3.8, 4) is 16.3 Å². The van der Waals surface area contributed by atoms with Crippen molar-refractivity contribution in [2.24, 2.45) is 0 Å². The normalized spacial score (nSPS) is 11.2. The molecule has 0 fully saturated rings. The van der Waals surface area contributed by atoms with Crippen molar-refractivity contribution in [2.45, 2.75) is 6.92 Å². The molecule has 4 aromatic rings. The predicted molar refractivity (Wildman–Crippen MR) is 126 cm³/mol. The van der Waals surface area contributed by atoms with E-state index < -0.39 is 0 Å². The zero-order valence-electron chi connectivity index (χ0n) is 17.2. The van der Waals surface area contributed by atoms with Gasteiger partial charge in [0.15, 0.2) is 0 Å². The fourth-order valence-electron chi connectivity index (χ4n) is 3.02. The van der Waals surface area contributed by atoms with Crippen LogP contribution >= 0.6 is 11.3 Å². The third-order valence-corrected chi connectivity index (χ3v) is 5.59. The van der Waals surface area contributed by atoms with Crippen LogP contribution in [0.4, 0.5) is 5.13 Å². The zero-order chi connectivity index (χ0) is 21.6. The van der Waals surface area contributed by atoms with Crippen LogP contribution in [0.3, 0.4) is 0 Å². The summed E-state index contributed by atoms with van der Waals surface area (Å²) in [5, 5.41) is 12.5. The quantitative estimate of drug-likeness (QED) is 0.317. The second-order valence-electron chi connectivity index (χ2n) is 6.93. The molecule has 6 heteroatoms. The first-order valence-corrected chi connectivity index (χ1v) is 10.6. The Morgan fingerprint density at radius 2 is 1.65 bits per heavy atom. The molecule has 31 heavy (non-hydrogen) atoms. The molecule has 154 valence electrons. The number of benzene rings is 3. The summed E-state index contributed by atoms with van der Waals surface area (Å²) in [6.07, 6.45) is 1.85. The number of methoxy groups -OCH3 is 1. The fourth-order valence-corrected chi connectivity index (χ4v) is 3.76. The Kier molecular flexibility index (Phi) is 6.19. The van der Waals surface area contributed by atoms with Crippen LogP contribution in [0.1, 0.15) is 16.7 Å². The Labute approximate surface area is 185 Å². The number of ether oxygens (including phenoxy) is 1. The van der Waals surface area contributed by atoms with E-state index >= 15 is 0 Å². The minimum atomic E-state index is -0.242. The Hall–Kier alpha value is -3.77. The van der Waals surface area contributed by atoms with E-state index in [-0.39, 0.29) is 5.91 Å². The number of nitrogens with zero attached hydrogens (tertiary/aromatic N) is 2. The van der Waals surface area contributed by atoms with Crippen molar-refractivity contribution in [2.75, 3.05) is 12.4 Å². The van der Waals surface area contributed by atoms with E-state index in [2.05, 4.69) is 15.5 Å². The Morgan fingerprint density at radius 1 is 0.935 bits per heavy atom. The number of rotatable bonds is 6. The van der Waals surface area contributed by atoms with Gasteiger partial charge in [-0.2, -0.15) is 0 Å². The molecule has 4 rings (SSSR count). The average molecular weight is 428 g/mol. The van der Waals surface area contributed by atoms with Crippen LogP contribution in [0.2, 0.25) is 0 Å². The van der Waals surface area contributed by atoms with E-state index in [9.17, 15) is 4.79 Å². The van der Waals surface area contributed by atoms with E-state index in [0.717, 1.165) is 27.4 Å². The van der Waals surface area contributed by atoms with Gasteiger partial charge in [-0.15, -0.1) is 10.2 Å². The van der Waals surface area contributed by atoms with Gasteiger partial charge in [0, 0.05) is 11.1 Å². The largest absolute Gasteiger partial charge is 0.497 e. The molecule has 0 aliphatic heterocycles. The molecule has 0 radical (unpaired) electrons. The van der Waals surface area contributed by atoms with Gasteiger partial charge >= 0.3 is 0 Å². The van der Waals surface area contributed by atoms with Crippen LogP contribution in [-0.4, -0.2) is 23.2 Å². The first-order valence-electron chi connectivity index (χ1n) is 9.75. The van der Waals surface area contributed by atoms with Crippen LogP contribution in [0, 0.1) is 6.92 Å². The number of hydrogen-bond acceptors (Lipinski definition) is 5. The van der Waals surface area contributed by atoms with Gasteiger partial charge in [-0.25, -0.2) is 0 Å². The maximum Gasteiger partial charge on any atom is 0.258 e. The topological polar surface area (TPSA) is 64.1 Å². The molecule has 1 N–H and O–H groups in total. The van der Waals surface area contributed by atoms with Gasteiger partial charge in [0.2, 0.25) is 5.13 Å². The molecule has 5 nitrogen and oxygen atoms in total. The van der Waals surface area contributed by atoms with Crippen molar-refractivity contribution in [1.29, 1.82) is 0 Å². The number of anilines is 1. The molecular formula is C25H21N3O2S. The van der Waals surface area contributed by atoms with E-state index in [0.29, 0.717) is 10.7 Å². The van der Waals surface area contributed by atoms with Crippen LogP contribution in [-0.2, 0) is 4.79 Å². The molecular weight excluding hydrogens is 406 g/mol. The fraction of sp³-hybridized carbons (Fsp3) is 0.0800. The summed E-state index contributed by atoms with van der Waals surface area (Å²) in [5.74, 6) is 0.522. The highest BCUT2D eigenvalue weighted by Gasteiger charge is 2.15. The zero-order valence-corrected chi connectivity index (χ0v) is 18.0. The van der Waals surface area contributed by atoms with Crippen LogP contribution < -0.4 is 10.1 Å². The Bertz CT molecular complexity index is 1200. The lowest BCUT2D eigenvalue weighted by atomic mass is 10.0. The molecule has 0 spiro atoms.